The Hall–Kier alpha value is -1.91. The molecule has 1 atom stereocenters. The van der Waals surface area contributed by atoms with Crippen LogP contribution in [0.1, 0.15) is 18.5 Å². The van der Waals surface area contributed by atoms with Gasteiger partial charge in [0.25, 0.3) is 5.91 Å². The SMILES string of the molecule is CC(NC(=O)COc1ccc(O)cc1)c1ccc(Cl)c(Cl)c1. The quantitative estimate of drug-likeness (QED) is 0.866. The molecule has 22 heavy (non-hydrogen) atoms. The first kappa shape index (κ1) is 16.5. The van der Waals surface area contributed by atoms with Gasteiger partial charge in [-0.3, -0.25) is 4.79 Å². The Balaban J connectivity index is 1.88. The van der Waals surface area contributed by atoms with Crippen LogP contribution < -0.4 is 10.1 Å². The van der Waals surface area contributed by atoms with Crippen molar-refractivity contribution in [2.75, 3.05) is 6.61 Å². The first-order chi connectivity index (χ1) is 10.5. The van der Waals surface area contributed by atoms with E-state index >= 15 is 0 Å². The number of aromatic hydroxyl groups is 1. The van der Waals surface area contributed by atoms with Crippen molar-refractivity contribution in [3.8, 4) is 11.5 Å². The monoisotopic (exact) mass is 339 g/mol. The molecule has 0 aliphatic carbocycles. The average Bonchev–Trinajstić information content (AvgIpc) is 2.49. The molecule has 2 rings (SSSR count). The van der Waals surface area contributed by atoms with E-state index in [0.29, 0.717) is 15.8 Å². The van der Waals surface area contributed by atoms with Gasteiger partial charge in [0.1, 0.15) is 11.5 Å². The highest BCUT2D eigenvalue weighted by Gasteiger charge is 2.11. The molecule has 0 bridgehead atoms. The Morgan fingerprint density at radius 3 is 2.50 bits per heavy atom. The van der Waals surface area contributed by atoms with E-state index < -0.39 is 0 Å². The number of phenolic OH excluding ortho intramolecular Hbond substituents is 1. The first-order valence-electron chi connectivity index (χ1n) is 6.62. The molecule has 0 spiro atoms. The number of hydrogen-bond acceptors (Lipinski definition) is 3. The van der Waals surface area contributed by atoms with Crippen LogP contribution in [0.4, 0.5) is 0 Å². The number of phenols is 1. The number of carbonyl (C=O) groups excluding carboxylic acids is 1. The zero-order valence-corrected chi connectivity index (χ0v) is 13.4. The van der Waals surface area contributed by atoms with Crippen LogP contribution in [-0.2, 0) is 4.79 Å². The smallest absolute Gasteiger partial charge is 0.258 e. The lowest BCUT2D eigenvalue weighted by atomic mass is 10.1. The largest absolute Gasteiger partial charge is 0.508 e. The van der Waals surface area contributed by atoms with Crippen LogP contribution in [-0.4, -0.2) is 17.6 Å². The van der Waals surface area contributed by atoms with Crippen molar-refractivity contribution in [2.45, 2.75) is 13.0 Å². The molecule has 0 heterocycles. The van der Waals surface area contributed by atoms with Gasteiger partial charge in [-0.15, -0.1) is 0 Å². The zero-order chi connectivity index (χ0) is 16.1. The summed E-state index contributed by atoms with van der Waals surface area (Å²) in [5.74, 6) is 0.395. The van der Waals surface area contributed by atoms with Crippen LogP contribution in [0.5, 0.6) is 11.5 Å². The van der Waals surface area contributed by atoms with Gasteiger partial charge < -0.3 is 15.2 Å². The summed E-state index contributed by atoms with van der Waals surface area (Å²) in [4.78, 5) is 11.9. The van der Waals surface area contributed by atoms with Gasteiger partial charge in [0.2, 0.25) is 0 Å². The average molecular weight is 340 g/mol. The fraction of sp³-hybridized carbons (Fsp3) is 0.188. The highest BCUT2D eigenvalue weighted by atomic mass is 35.5. The number of nitrogens with one attached hydrogen (secondary N) is 1. The summed E-state index contributed by atoms with van der Waals surface area (Å²) in [5.41, 5.74) is 0.854. The van der Waals surface area contributed by atoms with Gasteiger partial charge in [0, 0.05) is 0 Å². The number of benzene rings is 2. The second-order valence-electron chi connectivity index (χ2n) is 4.75. The highest BCUT2D eigenvalue weighted by Crippen LogP contribution is 2.25. The summed E-state index contributed by atoms with van der Waals surface area (Å²) in [5, 5.41) is 12.9. The Morgan fingerprint density at radius 2 is 1.86 bits per heavy atom. The lowest BCUT2D eigenvalue weighted by Crippen LogP contribution is -2.31. The highest BCUT2D eigenvalue weighted by molar-refractivity contribution is 6.42. The molecule has 0 aliphatic heterocycles. The molecule has 4 nitrogen and oxygen atoms in total. The zero-order valence-electron chi connectivity index (χ0n) is 11.8. The third-order valence-electron chi connectivity index (χ3n) is 3.03. The summed E-state index contributed by atoms with van der Waals surface area (Å²) in [6.45, 7) is 1.73. The maximum Gasteiger partial charge on any atom is 0.258 e. The number of ether oxygens (including phenoxy) is 1. The number of amides is 1. The minimum absolute atomic E-state index is 0.115. The van der Waals surface area contributed by atoms with Crippen molar-refractivity contribution in [1.29, 1.82) is 0 Å². The van der Waals surface area contributed by atoms with Crippen LogP contribution in [0.2, 0.25) is 10.0 Å². The van der Waals surface area contributed by atoms with E-state index in [2.05, 4.69) is 5.32 Å². The Bertz CT molecular complexity index is 659. The van der Waals surface area contributed by atoms with E-state index in [0.717, 1.165) is 5.56 Å². The summed E-state index contributed by atoms with van der Waals surface area (Å²) in [6, 6.07) is 11.2. The molecule has 0 saturated carbocycles. The van der Waals surface area contributed by atoms with Crippen molar-refractivity contribution < 1.29 is 14.6 Å². The molecule has 2 N–H and O–H groups in total. The fourth-order valence-electron chi connectivity index (χ4n) is 1.84. The second-order valence-corrected chi connectivity index (χ2v) is 5.56. The molecule has 2 aromatic carbocycles. The number of hydrogen-bond donors (Lipinski definition) is 2. The molecule has 0 aliphatic rings. The lowest BCUT2D eigenvalue weighted by Gasteiger charge is -2.15. The third-order valence-corrected chi connectivity index (χ3v) is 3.77. The standard InChI is InChI=1S/C16H15Cl2NO3/c1-10(11-2-7-14(17)15(18)8-11)19-16(21)9-22-13-5-3-12(20)4-6-13/h2-8,10,20H,9H2,1H3,(H,19,21). The van der Waals surface area contributed by atoms with E-state index in [4.69, 9.17) is 33.0 Å². The minimum atomic E-state index is -0.258. The van der Waals surface area contributed by atoms with Crippen LogP contribution >= 0.6 is 23.2 Å². The van der Waals surface area contributed by atoms with Crippen molar-refractivity contribution in [3.63, 3.8) is 0 Å². The molecular formula is C16H15Cl2NO3. The number of carbonyl (C=O) groups is 1. The molecule has 1 unspecified atom stereocenters. The summed E-state index contributed by atoms with van der Waals surface area (Å²) in [6.07, 6.45) is 0. The second kappa shape index (κ2) is 7.38. The van der Waals surface area contributed by atoms with Crippen molar-refractivity contribution in [3.05, 3.63) is 58.1 Å². The van der Waals surface area contributed by atoms with Crippen molar-refractivity contribution in [2.24, 2.45) is 0 Å². The molecule has 0 radical (unpaired) electrons. The summed E-state index contributed by atoms with van der Waals surface area (Å²) < 4.78 is 5.33. The Kier molecular flexibility index (Phi) is 5.52. The Labute approximate surface area is 138 Å². The van der Waals surface area contributed by atoms with Gasteiger partial charge in [-0.1, -0.05) is 29.3 Å². The lowest BCUT2D eigenvalue weighted by molar-refractivity contribution is -0.123. The predicted molar refractivity (Wildman–Crippen MR) is 86.6 cm³/mol. The summed E-state index contributed by atoms with van der Waals surface area (Å²) >= 11 is 11.8. The van der Waals surface area contributed by atoms with E-state index in [1.807, 2.05) is 6.92 Å². The van der Waals surface area contributed by atoms with Gasteiger partial charge in [-0.2, -0.15) is 0 Å². The topological polar surface area (TPSA) is 58.6 Å². The van der Waals surface area contributed by atoms with Crippen molar-refractivity contribution >= 4 is 29.1 Å². The first-order valence-corrected chi connectivity index (χ1v) is 7.37. The van der Waals surface area contributed by atoms with Gasteiger partial charge in [-0.05, 0) is 48.9 Å². The molecule has 6 heteroatoms. The number of halogens is 2. The van der Waals surface area contributed by atoms with E-state index in [1.165, 1.54) is 12.1 Å². The number of rotatable bonds is 5. The molecular weight excluding hydrogens is 325 g/mol. The molecule has 0 aromatic heterocycles. The molecule has 116 valence electrons. The summed E-state index contributed by atoms with van der Waals surface area (Å²) in [7, 11) is 0. The maximum absolute atomic E-state index is 11.9. The van der Waals surface area contributed by atoms with E-state index in [1.54, 1.807) is 30.3 Å². The van der Waals surface area contributed by atoms with Gasteiger partial charge in [-0.25, -0.2) is 0 Å². The van der Waals surface area contributed by atoms with Gasteiger partial charge >= 0.3 is 0 Å². The molecule has 0 fully saturated rings. The van der Waals surface area contributed by atoms with Gasteiger partial charge in [0.15, 0.2) is 6.61 Å². The maximum atomic E-state index is 11.9. The third kappa shape index (κ3) is 4.55. The van der Waals surface area contributed by atoms with Crippen LogP contribution in [0, 0.1) is 0 Å². The van der Waals surface area contributed by atoms with Gasteiger partial charge in [0.05, 0.1) is 16.1 Å². The molecule has 0 saturated heterocycles. The molecule has 2 aromatic rings. The minimum Gasteiger partial charge on any atom is -0.508 e. The predicted octanol–water partition coefficient (Wildman–Crippen LogP) is 3.96. The van der Waals surface area contributed by atoms with E-state index in [-0.39, 0.29) is 24.3 Å². The van der Waals surface area contributed by atoms with Crippen LogP contribution in [0.25, 0.3) is 0 Å². The van der Waals surface area contributed by atoms with Crippen molar-refractivity contribution in [1.82, 2.24) is 5.32 Å². The Morgan fingerprint density at radius 1 is 1.18 bits per heavy atom. The molecule has 1 amide bonds. The normalized spacial score (nSPS) is 11.8. The van der Waals surface area contributed by atoms with Crippen LogP contribution in [0.15, 0.2) is 42.5 Å². The fourth-order valence-corrected chi connectivity index (χ4v) is 2.15. The van der Waals surface area contributed by atoms with E-state index in [9.17, 15) is 4.79 Å². The van der Waals surface area contributed by atoms with Crippen LogP contribution in [0.3, 0.4) is 0 Å².